The van der Waals surface area contributed by atoms with E-state index in [1.165, 1.54) is 17.7 Å². The Morgan fingerprint density at radius 3 is 2.77 bits per heavy atom. The number of rotatable bonds is 5. The number of hydrogen-bond acceptors (Lipinski definition) is 2. The van der Waals surface area contributed by atoms with E-state index in [1.54, 1.807) is 12.3 Å². The lowest BCUT2D eigenvalue weighted by atomic mass is 10.0. The van der Waals surface area contributed by atoms with Crippen LogP contribution in [0.2, 0.25) is 0 Å². The van der Waals surface area contributed by atoms with Crippen molar-refractivity contribution in [3.8, 4) is 0 Å². The van der Waals surface area contributed by atoms with Crippen LogP contribution >= 0.6 is 0 Å². The van der Waals surface area contributed by atoms with E-state index in [1.807, 2.05) is 24.0 Å². The summed E-state index contributed by atoms with van der Waals surface area (Å²) in [5.74, 6) is -0.199. The maximum Gasteiger partial charge on any atom is 0.227 e. The lowest BCUT2D eigenvalue weighted by Crippen LogP contribution is -2.33. The highest BCUT2D eigenvalue weighted by atomic mass is 19.1. The summed E-state index contributed by atoms with van der Waals surface area (Å²) >= 11 is 0. The molecule has 0 N–H and O–H groups in total. The van der Waals surface area contributed by atoms with Crippen LogP contribution in [-0.4, -0.2) is 16.8 Å². The van der Waals surface area contributed by atoms with E-state index in [0.29, 0.717) is 13.0 Å². The van der Waals surface area contributed by atoms with Crippen molar-refractivity contribution in [2.45, 2.75) is 45.7 Å². The number of hydrogen-bond donors (Lipinski definition) is 0. The molecule has 2 aromatic carbocycles. The van der Waals surface area contributed by atoms with Gasteiger partial charge in [-0.3, -0.25) is 4.79 Å². The van der Waals surface area contributed by atoms with Crippen LogP contribution < -0.4 is 0 Å². The SMILES string of the molecule is Cc1ccc2c(CC(=O)N(Cc3cccc(F)c3)C3CC3)coc2c1C. The zero-order valence-corrected chi connectivity index (χ0v) is 15.1. The van der Waals surface area contributed by atoms with Crippen molar-refractivity contribution in [3.05, 3.63) is 70.7 Å². The molecule has 1 aromatic heterocycles. The van der Waals surface area contributed by atoms with Gasteiger partial charge in [-0.2, -0.15) is 0 Å². The highest BCUT2D eigenvalue weighted by Gasteiger charge is 2.32. The van der Waals surface area contributed by atoms with Gasteiger partial charge in [0.15, 0.2) is 0 Å². The third kappa shape index (κ3) is 3.24. The van der Waals surface area contributed by atoms with Gasteiger partial charge in [-0.15, -0.1) is 0 Å². The number of fused-ring (bicyclic) bond motifs is 1. The van der Waals surface area contributed by atoms with Gasteiger partial charge >= 0.3 is 0 Å². The van der Waals surface area contributed by atoms with E-state index < -0.39 is 0 Å². The molecule has 4 rings (SSSR count). The molecule has 1 aliphatic carbocycles. The summed E-state index contributed by atoms with van der Waals surface area (Å²) in [6.07, 6.45) is 4.04. The molecule has 0 spiro atoms. The third-order valence-electron chi connectivity index (χ3n) is 5.23. The molecule has 1 aliphatic rings. The van der Waals surface area contributed by atoms with Crippen LogP contribution in [0.25, 0.3) is 11.0 Å². The number of carbonyl (C=O) groups is 1. The summed E-state index contributed by atoms with van der Waals surface area (Å²) in [6.45, 7) is 4.54. The van der Waals surface area contributed by atoms with Crippen LogP contribution in [0.4, 0.5) is 4.39 Å². The predicted molar refractivity (Wildman–Crippen MR) is 99.4 cm³/mol. The number of halogens is 1. The highest BCUT2D eigenvalue weighted by molar-refractivity contribution is 5.89. The lowest BCUT2D eigenvalue weighted by Gasteiger charge is -2.22. The largest absolute Gasteiger partial charge is 0.464 e. The Morgan fingerprint density at radius 1 is 1.23 bits per heavy atom. The van der Waals surface area contributed by atoms with Gasteiger partial charge in [0.25, 0.3) is 0 Å². The van der Waals surface area contributed by atoms with Gasteiger partial charge in [-0.25, -0.2) is 4.39 Å². The van der Waals surface area contributed by atoms with E-state index in [2.05, 4.69) is 13.0 Å². The molecule has 0 unspecified atom stereocenters. The van der Waals surface area contributed by atoms with Gasteiger partial charge in [0, 0.05) is 23.5 Å². The second kappa shape index (κ2) is 6.60. The van der Waals surface area contributed by atoms with E-state index in [4.69, 9.17) is 4.42 Å². The number of carbonyl (C=O) groups excluding carboxylic acids is 1. The van der Waals surface area contributed by atoms with Crippen molar-refractivity contribution in [2.75, 3.05) is 0 Å². The molecule has 134 valence electrons. The minimum atomic E-state index is -0.266. The summed E-state index contributed by atoms with van der Waals surface area (Å²) in [5, 5.41) is 1.00. The summed E-state index contributed by atoms with van der Waals surface area (Å²) in [7, 11) is 0. The molecule has 3 aromatic rings. The fourth-order valence-electron chi connectivity index (χ4n) is 3.43. The standard InChI is InChI=1S/C22H22FNO2/c1-14-6-9-20-17(13-26-22(20)15(14)2)11-21(25)24(19-7-8-19)12-16-4-3-5-18(23)10-16/h3-6,9-10,13,19H,7-8,11-12H2,1-2H3. The number of benzene rings is 2. The molecule has 0 radical (unpaired) electrons. The molecule has 0 bridgehead atoms. The molecule has 1 saturated carbocycles. The lowest BCUT2D eigenvalue weighted by molar-refractivity contribution is -0.131. The minimum Gasteiger partial charge on any atom is -0.464 e. The summed E-state index contributed by atoms with van der Waals surface area (Å²) in [4.78, 5) is 14.9. The molecule has 4 heteroatoms. The van der Waals surface area contributed by atoms with Crippen molar-refractivity contribution in [1.82, 2.24) is 4.90 Å². The van der Waals surface area contributed by atoms with E-state index in [0.717, 1.165) is 40.5 Å². The maximum atomic E-state index is 13.5. The van der Waals surface area contributed by atoms with Gasteiger partial charge in [0.1, 0.15) is 11.4 Å². The molecule has 0 atom stereocenters. The Labute approximate surface area is 152 Å². The molecule has 1 fully saturated rings. The smallest absolute Gasteiger partial charge is 0.227 e. The summed E-state index contributed by atoms with van der Waals surface area (Å²) < 4.78 is 19.2. The molecule has 0 aliphatic heterocycles. The Kier molecular flexibility index (Phi) is 4.27. The van der Waals surface area contributed by atoms with Crippen LogP contribution in [0.3, 0.4) is 0 Å². The topological polar surface area (TPSA) is 33.5 Å². The molecular formula is C22H22FNO2. The monoisotopic (exact) mass is 351 g/mol. The van der Waals surface area contributed by atoms with Crippen LogP contribution in [-0.2, 0) is 17.8 Å². The van der Waals surface area contributed by atoms with Gasteiger partial charge in [-0.1, -0.05) is 24.3 Å². The van der Waals surface area contributed by atoms with Crippen molar-refractivity contribution >= 4 is 16.9 Å². The van der Waals surface area contributed by atoms with E-state index >= 15 is 0 Å². The van der Waals surface area contributed by atoms with Crippen LogP contribution in [0.1, 0.15) is 35.1 Å². The Bertz CT molecular complexity index is 971. The number of nitrogens with zero attached hydrogens (tertiary/aromatic N) is 1. The van der Waals surface area contributed by atoms with Gasteiger partial charge in [0.05, 0.1) is 12.7 Å². The third-order valence-corrected chi connectivity index (χ3v) is 5.23. The first-order valence-corrected chi connectivity index (χ1v) is 9.03. The van der Waals surface area contributed by atoms with E-state index in [-0.39, 0.29) is 17.8 Å². The first-order valence-electron chi connectivity index (χ1n) is 9.03. The Balaban J connectivity index is 1.57. The van der Waals surface area contributed by atoms with Crippen LogP contribution in [0, 0.1) is 19.7 Å². The maximum absolute atomic E-state index is 13.5. The quantitative estimate of drug-likeness (QED) is 0.653. The van der Waals surface area contributed by atoms with Gasteiger partial charge in [0.2, 0.25) is 5.91 Å². The second-order valence-corrected chi connectivity index (χ2v) is 7.20. The van der Waals surface area contributed by atoms with Gasteiger partial charge < -0.3 is 9.32 Å². The summed E-state index contributed by atoms with van der Waals surface area (Å²) in [6, 6.07) is 10.8. The van der Waals surface area contributed by atoms with Crippen molar-refractivity contribution in [2.24, 2.45) is 0 Å². The fraction of sp³-hybridized carbons (Fsp3) is 0.318. The molecular weight excluding hydrogens is 329 g/mol. The average Bonchev–Trinajstić information content (AvgIpc) is 3.37. The second-order valence-electron chi connectivity index (χ2n) is 7.20. The minimum absolute atomic E-state index is 0.0673. The van der Waals surface area contributed by atoms with Crippen molar-refractivity contribution < 1.29 is 13.6 Å². The summed E-state index contributed by atoms with van der Waals surface area (Å²) in [5.41, 5.74) is 4.89. The molecule has 26 heavy (non-hydrogen) atoms. The highest BCUT2D eigenvalue weighted by Crippen LogP contribution is 2.31. The predicted octanol–water partition coefficient (Wildman–Crippen LogP) is 4.92. The van der Waals surface area contributed by atoms with Gasteiger partial charge in [-0.05, 0) is 55.5 Å². The number of furan rings is 1. The fourth-order valence-corrected chi connectivity index (χ4v) is 3.43. The van der Waals surface area contributed by atoms with Crippen LogP contribution in [0.5, 0.6) is 0 Å². The van der Waals surface area contributed by atoms with E-state index in [9.17, 15) is 9.18 Å². The Morgan fingerprint density at radius 2 is 2.04 bits per heavy atom. The van der Waals surface area contributed by atoms with Crippen molar-refractivity contribution in [1.29, 1.82) is 0 Å². The number of amides is 1. The molecule has 1 heterocycles. The molecule has 1 amide bonds. The molecule has 3 nitrogen and oxygen atoms in total. The number of aryl methyl sites for hydroxylation is 2. The average molecular weight is 351 g/mol. The Hall–Kier alpha value is -2.62. The zero-order chi connectivity index (χ0) is 18.3. The molecule has 0 saturated heterocycles. The normalized spacial score (nSPS) is 14.0. The van der Waals surface area contributed by atoms with Crippen molar-refractivity contribution in [3.63, 3.8) is 0 Å². The first-order chi connectivity index (χ1) is 12.5. The van der Waals surface area contributed by atoms with Crippen LogP contribution in [0.15, 0.2) is 47.1 Å². The zero-order valence-electron chi connectivity index (χ0n) is 15.1. The first kappa shape index (κ1) is 16.8.